The minimum Gasteiger partial charge on any atom is -0.258 e. The molecule has 0 heterocycles. The lowest BCUT2D eigenvalue weighted by Crippen LogP contribution is -2.38. The van der Waals surface area contributed by atoms with Crippen molar-refractivity contribution in [2.24, 2.45) is 0 Å². The molecule has 5 aromatic rings. The van der Waals surface area contributed by atoms with E-state index in [1.54, 1.807) is 0 Å². The summed E-state index contributed by atoms with van der Waals surface area (Å²) in [6.07, 6.45) is -0.617. The number of hydrogen-bond acceptors (Lipinski definition) is 0. The molecule has 1 nitrogen and oxygen atoms in total. The van der Waals surface area contributed by atoms with E-state index < -0.39 is 137 Å². The summed E-state index contributed by atoms with van der Waals surface area (Å²) in [5.74, 6) is -39.8. The Hall–Kier alpha value is -4.99. The molecule has 49 heavy (non-hydrogen) atoms. The van der Waals surface area contributed by atoms with Crippen LogP contribution in [0.15, 0.2) is 42.5 Å². The molecule has 16 heteroatoms. The fourth-order valence-electron chi connectivity index (χ4n) is 5.46. The van der Waals surface area contributed by atoms with Crippen molar-refractivity contribution < 1.29 is 65.9 Å². The fraction of sp³-hybridized carbons (Fsp3) is 0.0909. The van der Waals surface area contributed by atoms with Gasteiger partial charge in [-0.3, -0.25) is 4.48 Å². The Kier molecular flexibility index (Phi) is 8.99. The van der Waals surface area contributed by atoms with E-state index in [2.05, 4.69) is 0 Å². The van der Waals surface area contributed by atoms with Gasteiger partial charge in [0.05, 0.1) is 30.8 Å². The molecule has 0 saturated heterocycles. The van der Waals surface area contributed by atoms with Crippen LogP contribution < -0.4 is 4.48 Å². The third-order valence-corrected chi connectivity index (χ3v) is 7.77. The van der Waals surface area contributed by atoms with Crippen LogP contribution in [-0.2, 0) is 6.42 Å². The zero-order valence-corrected chi connectivity index (χ0v) is 24.4. The third kappa shape index (κ3) is 5.37. The zero-order valence-electron chi connectivity index (χ0n) is 24.4. The standard InChI is InChI=1S/C33H15F15N/c1-49(2,33-31(47)29(45)28(44)30(46)32(33)48)13-9-8-12(10-11-6-4-3-5-7-11)14(16-18(34)22(38)26(42)23(39)19(16)35)15(13)17-20(36)24(40)27(43)25(41)21(17)37/h3-9H,10H2,1-2H3/q+1. The molecule has 0 spiro atoms. The van der Waals surface area contributed by atoms with Gasteiger partial charge in [-0.2, -0.15) is 8.78 Å². The van der Waals surface area contributed by atoms with Gasteiger partial charge < -0.3 is 0 Å². The van der Waals surface area contributed by atoms with Crippen molar-refractivity contribution in [3.05, 3.63) is 141 Å². The summed E-state index contributed by atoms with van der Waals surface area (Å²) in [4.78, 5) is 0. The topological polar surface area (TPSA) is 0 Å². The van der Waals surface area contributed by atoms with Gasteiger partial charge in [-0.25, -0.2) is 57.1 Å². The second kappa shape index (κ2) is 12.5. The average Bonchev–Trinajstić information content (AvgIpc) is 3.07. The van der Waals surface area contributed by atoms with Gasteiger partial charge in [0, 0.05) is 11.6 Å². The van der Waals surface area contributed by atoms with E-state index in [4.69, 9.17) is 0 Å². The summed E-state index contributed by atoms with van der Waals surface area (Å²) in [5, 5.41) is 0. The molecule has 0 fully saturated rings. The molecule has 0 amide bonds. The van der Waals surface area contributed by atoms with Crippen LogP contribution in [0.5, 0.6) is 0 Å². The van der Waals surface area contributed by atoms with Crippen molar-refractivity contribution in [1.82, 2.24) is 4.48 Å². The van der Waals surface area contributed by atoms with Gasteiger partial charge in [-0.1, -0.05) is 36.4 Å². The Bertz CT molecular complexity index is 2090. The van der Waals surface area contributed by atoms with Crippen molar-refractivity contribution in [1.29, 1.82) is 0 Å². The summed E-state index contributed by atoms with van der Waals surface area (Å²) in [6, 6.07) is 8.41. The van der Waals surface area contributed by atoms with Gasteiger partial charge in [0.25, 0.3) is 0 Å². The van der Waals surface area contributed by atoms with Crippen LogP contribution in [0.3, 0.4) is 0 Å². The molecule has 256 valence electrons. The average molecular weight is 710 g/mol. The van der Waals surface area contributed by atoms with Crippen LogP contribution in [0.25, 0.3) is 22.3 Å². The highest BCUT2D eigenvalue weighted by Crippen LogP contribution is 2.51. The van der Waals surface area contributed by atoms with Crippen LogP contribution in [0.1, 0.15) is 11.1 Å². The summed E-state index contributed by atoms with van der Waals surface area (Å²) in [7, 11) is 1.17. The highest BCUT2D eigenvalue weighted by Gasteiger charge is 2.43. The fourth-order valence-corrected chi connectivity index (χ4v) is 5.46. The molecule has 0 aromatic heterocycles. The summed E-state index contributed by atoms with van der Waals surface area (Å²) in [6.45, 7) is 0. The van der Waals surface area contributed by atoms with E-state index in [0.717, 1.165) is 6.07 Å². The molecular weight excluding hydrogens is 695 g/mol. The monoisotopic (exact) mass is 710 g/mol. The van der Waals surface area contributed by atoms with Crippen molar-refractivity contribution in [2.45, 2.75) is 6.42 Å². The molecule has 0 aliphatic heterocycles. The van der Waals surface area contributed by atoms with Crippen molar-refractivity contribution >= 4 is 11.4 Å². The quantitative estimate of drug-likeness (QED) is 0.0713. The second-order valence-corrected chi connectivity index (χ2v) is 10.9. The van der Waals surface area contributed by atoms with Crippen LogP contribution in [-0.4, -0.2) is 14.1 Å². The first-order valence-corrected chi connectivity index (χ1v) is 13.5. The van der Waals surface area contributed by atoms with Crippen LogP contribution in [0.2, 0.25) is 0 Å². The third-order valence-electron chi connectivity index (χ3n) is 7.77. The SMILES string of the molecule is C[N+](C)(c1ccc(Cc2ccccc2)c(-c2c(F)c(F)c(F)c(F)c2F)c1-c1c(F)c(F)c(F)c(F)c1F)c1c(F)c(F)c(F)c(F)c1F. The molecule has 0 unspecified atom stereocenters. The van der Waals surface area contributed by atoms with Gasteiger partial charge in [0.2, 0.25) is 46.4 Å². The summed E-state index contributed by atoms with van der Waals surface area (Å²) in [5.41, 5.74) is -10.6. The van der Waals surface area contributed by atoms with Crippen LogP contribution >= 0.6 is 0 Å². The van der Waals surface area contributed by atoms with Crippen LogP contribution in [0, 0.1) is 87.3 Å². The van der Waals surface area contributed by atoms with Gasteiger partial charge >= 0.3 is 0 Å². The summed E-state index contributed by atoms with van der Waals surface area (Å²) < 4.78 is 221. The molecule has 5 aromatic carbocycles. The molecular formula is C33H15F15N+. The lowest BCUT2D eigenvalue weighted by molar-refractivity contribution is 0.359. The Morgan fingerprint density at radius 3 is 1.12 bits per heavy atom. The maximum Gasteiger partial charge on any atom is 0.226 e. The van der Waals surface area contributed by atoms with E-state index in [9.17, 15) is 39.5 Å². The molecule has 0 bridgehead atoms. The van der Waals surface area contributed by atoms with E-state index in [-0.39, 0.29) is 5.56 Å². The predicted octanol–water partition coefficient (Wildman–Crippen LogP) is 10.6. The lowest BCUT2D eigenvalue weighted by atomic mass is 9.84. The molecule has 0 N–H and O–H groups in total. The van der Waals surface area contributed by atoms with Crippen LogP contribution in [0.4, 0.5) is 77.2 Å². The van der Waals surface area contributed by atoms with Gasteiger partial charge in [-0.05, 0) is 17.5 Å². The first kappa shape index (κ1) is 35.3. The molecule has 0 aliphatic carbocycles. The zero-order chi connectivity index (χ0) is 36.4. The molecule has 0 atom stereocenters. The van der Waals surface area contributed by atoms with Crippen molar-refractivity contribution in [2.75, 3.05) is 14.1 Å². The van der Waals surface area contributed by atoms with E-state index in [0.29, 0.717) is 20.2 Å². The number of halogens is 15. The van der Waals surface area contributed by atoms with Gasteiger partial charge in [-0.15, -0.1) is 0 Å². The minimum absolute atomic E-state index is 0.178. The largest absolute Gasteiger partial charge is 0.258 e. The van der Waals surface area contributed by atoms with E-state index in [1.807, 2.05) is 0 Å². The number of hydrogen-bond donors (Lipinski definition) is 0. The number of benzene rings is 5. The minimum atomic E-state index is -2.77. The number of rotatable bonds is 6. The Morgan fingerprint density at radius 2 is 0.714 bits per heavy atom. The smallest absolute Gasteiger partial charge is 0.226 e. The molecule has 5 rings (SSSR count). The highest BCUT2D eigenvalue weighted by molar-refractivity contribution is 5.95. The first-order chi connectivity index (χ1) is 22.9. The normalized spacial score (nSPS) is 11.9. The van der Waals surface area contributed by atoms with Gasteiger partial charge in [0.15, 0.2) is 46.5 Å². The summed E-state index contributed by atoms with van der Waals surface area (Å²) >= 11 is 0. The van der Waals surface area contributed by atoms with Crippen molar-refractivity contribution in [3.8, 4) is 22.3 Å². The Morgan fingerprint density at radius 1 is 0.367 bits per heavy atom. The first-order valence-electron chi connectivity index (χ1n) is 13.5. The predicted molar refractivity (Wildman–Crippen MR) is 146 cm³/mol. The molecule has 0 radical (unpaired) electrons. The Labute approximate surface area is 265 Å². The molecule has 0 saturated carbocycles. The van der Waals surface area contributed by atoms with E-state index >= 15 is 26.3 Å². The maximum atomic E-state index is 15.6. The van der Waals surface area contributed by atoms with E-state index in [1.165, 1.54) is 30.3 Å². The van der Waals surface area contributed by atoms with Gasteiger partial charge in [0.1, 0.15) is 5.69 Å². The maximum absolute atomic E-state index is 15.6. The van der Waals surface area contributed by atoms with Crippen molar-refractivity contribution in [3.63, 3.8) is 0 Å². The highest BCUT2D eigenvalue weighted by atomic mass is 19.2. The lowest BCUT2D eigenvalue weighted by Gasteiger charge is -2.33. The Balaban J connectivity index is 2.11. The number of nitrogens with zero attached hydrogens (tertiary/aromatic N) is 1. The number of quaternary nitrogens is 1. The molecule has 0 aliphatic rings. The second-order valence-electron chi connectivity index (χ2n) is 10.9.